The van der Waals surface area contributed by atoms with Gasteiger partial charge in [0.15, 0.2) is 0 Å². The van der Waals surface area contributed by atoms with E-state index in [0.717, 1.165) is 13.4 Å². The van der Waals surface area contributed by atoms with Crippen LogP contribution in [0.3, 0.4) is 0 Å². The van der Waals surface area contributed by atoms with Crippen LogP contribution >= 0.6 is 47.8 Å². The molecule has 0 spiro atoms. The Bertz CT molecular complexity index is 700. The van der Waals surface area contributed by atoms with Gasteiger partial charge in [-0.25, -0.2) is 0 Å². The highest BCUT2D eigenvalue weighted by molar-refractivity contribution is 9.14. The van der Waals surface area contributed by atoms with Gasteiger partial charge in [-0.15, -0.1) is 0 Å². The van der Waals surface area contributed by atoms with Crippen molar-refractivity contribution in [2.45, 2.75) is 26.2 Å². The van der Waals surface area contributed by atoms with Crippen molar-refractivity contribution in [2.75, 3.05) is 0 Å². The zero-order valence-electron chi connectivity index (χ0n) is 10.9. The summed E-state index contributed by atoms with van der Waals surface area (Å²) in [5.41, 5.74) is 6.78. The van der Waals surface area contributed by atoms with E-state index in [4.69, 9.17) is 0 Å². The minimum Gasteiger partial charge on any atom is -0.0587 e. The molecule has 1 aliphatic rings. The van der Waals surface area contributed by atoms with E-state index in [2.05, 4.69) is 92.8 Å². The van der Waals surface area contributed by atoms with E-state index in [1.165, 1.54) is 27.8 Å². The Morgan fingerprint density at radius 1 is 0.895 bits per heavy atom. The molecule has 0 unspecified atom stereocenters. The molecule has 19 heavy (non-hydrogen) atoms. The quantitative estimate of drug-likeness (QED) is 0.402. The van der Waals surface area contributed by atoms with E-state index in [-0.39, 0.29) is 5.41 Å². The molecule has 0 aromatic heterocycles. The fourth-order valence-corrected chi connectivity index (χ4v) is 4.89. The van der Waals surface area contributed by atoms with Gasteiger partial charge in [-0.05, 0) is 83.0 Å². The average Bonchev–Trinajstić information content (AvgIpc) is 2.55. The summed E-state index contributed by atoms with van der Waals surface area (Å²) in [6.07, 6.45) is 0. The van der Waals surface area contributed by atoms with Crippen molar-refractivity contribution in [3.05, 3.63) is 54.4 Å². The molecule has 0 bridgehead atoms. The molecular formula is C16H13Br3. The van der Waals surface area contributed by atoms with E-state index in [9.17, 15) is 0 Å². The Balaban J connectivity index is 2.44. The third kappa shape index (κ3) is 1.89. The highest BCUT2D eigenvalue weighted by Crippen LogP contribution is 2.54. The molecule has 0 aliphatic heterocycles. The molecule has 2 aromatic rings. The van der Waals surface area contributed by atoms with Gasteiger partial charge in [0, 0.05) is 18.8 Å². The molecular weight excluding hydrogens is 432 g/mol. The fraction of sp³-hybridized carbons (Fsp3) is 0.250. The number of halogens is 3. The largest absolute Gasteiger partial charge is 0.0587 e. The minimum absolute atomic E-state index is 0.0265. The van der Waals surface area contributed by atoms with Gasteiger partial charge >= 0.3 is 0 Å². The van der Waals surface area contributed by atoms with Crippen molar-refractivity contribution in [2.24, 2.45) is 0 Å². The lowest BCUT2D eigenvalue weighted by Crippen LogP contribution is -2.16. The van der Waals surface area contributed by atoms with Crippen LogP contribution in [0.4, 0.5) is 0 Å². The van der Waals surface area contributed by atoms with E-state index in [1.807, 2.05) is 0 Å². The van der Waals surface area contributed by atoms with E-state index < -0.39 is 0 Å². The molecule has 3 heteroatoms. The van der Waals surface area contributed by atoms with Crippen molar-refractivity contribution < 1.29 is 0 Å². The first-order chi connectivity index (χ1) is 8.84. The molecule has 1 aliphatic carbocycles. The van der Waals surface area contributed by atoms with Gasteiger partial charge < -0.3 is 0 Å². The van der Waals surface area contributed by atoms with E-state index >= 15 is 0 Å². The highest BCUT2D eigenvalue weighted by atomic mass is 79.9. The lowest BCUT2D eigenvalue weighted by Gasteiger charge is -2.23. The Labute approximate surface area is 139 Å². The molecule has 0 amide bonds. The molecule has 0 saturated heterocycles. The van der Waals surface area contributed by atoms with Gasteiger partial charge in [-0.1, -0.05) is 37.6 Å². The normalized spacial score (nSPS) is 15.3. The summed E-state index contributed by atoms with van der Waals surface area (Å²) in [5, 5.41) is 0. The summed E-state index contributed by atoms with van der Waals surface area (Å²) in [7, 11) is 0. The summed E-state index contributed by atoms with van der Waals surface area (Å²) in [4.78, 5) is 0. The van der Waals surface area contributed by atoms with Gasteiger partial charge in [-0.2, -0.15) is 0 Å². The lowest BCUT2D eigenvalue weighted by molar-refractivity contribution is 0.655. The molecule has 0 radical (unpaired) electrons. The molecule has 0 saturated carbocycles. The van der Waals surface area contributed by atoms with Crippen molar-refractivity contribution in [3.8, 4) is 11.1 Å². The third-order valence-corrected chi connectivity index (χ3v) is 7.23. The number of fused-ring (bicyclic) bond motifs is 3. The highest BCUT2D eigenvalue weighted by Gasteiger charge is 2.38. The molecule has 0 fully saturated rings. The second kappa shape index (κ2) is 4.44. The summed E-state index contributed by atoms with van der Waals surface area (Å²) in [5.74, 6) is 0. The molecule has 0 N–H and O–H groups in total. The van der Waals surface area contributed by atoms with Gasteiger partial charge in [0.1, 0.15) is 0 Å². The van der Waals surface area contributed by atoms with Crippen LogP contribution in [-0.2, 0) is 5.41 Å². The van der Waals surface area contributed by atoms with Crippen LogP contribution < -0.4 is 0 Å². The Kier molecular flexibility index (Phi) is 3.23. The summed E-state index contributed by atoms with van der Waals surface area (Å²) in [6.45, 7) is 6.74. The minimum atomic E-state index is 0.0265. The Morgan fingerprint density at radius 2 is 1.58 bits per heavy atom. The van der Waals surface area contributed by atoms with Crippen LogP contribution in [0.1, 0.15) is 30.5 Å². The molecule has 0 heterocycles. The van der Waals surface area contributed by atoms with Gasteiger partial charge in [0.25, 0.3) is 0 Å². The second-order valence-electron chi connectivity index (χ2n) is 5.58. The lowest BCUT2D eigenvalue weighted by atomic mass is 9.82. The van der Waals surface area contributed by atoms with Crippen LogP contribution in [0.15, 0.2) is 37.7 Å². The number of benzene rings is 2. The van der Waals surface area contributed by atoms with Crippen molar-refractivity contribution >= 4 is 47.8 Å². The smallest absolute Gasteiger partial charge is 0.0463 e. The Hall–Kier alpha value is -0.120. The van der Waals surface area contributed by atoms with Crippen molar-refractivity contribution in [1.82, 2.24) is 0 Å². The maximum Gasteiger partial charge on any atom is 0.0463 e. The van der Waals surface area contributed by atoms with Crippen LogP contribution in [0, 0.1) is 6.92 Å². The topological polar surface area (TPSA) is 0 Å². The molecule has 98 valence electrons. The van der Waals surface area contributed by atoms with Crippen LogP contribution in [0.25, 0.3) is 11.1 Å². The molecule has 0 nitrogen and oxygen atoms in total. The van der Waals surface area contributed by atoms with Gasteiger partial charge in [0.05, 0.1) is 0 Å². The van der Waals surface area contributed by atoms with E-state index in [1.54, 1.807) is 0 Å². The second-order valence-corrected chi connectivity index (χ2v) is 8.02. The van der Waals surface area contributed by atoms with Crippen molar-refractivity contribution in [1.29, 1.82) is 0 Å². The standard InChI is InChI=1S/C16H13Br3/c1-8-4-5-9-10-7-12(17)14(18)15(19)13(10)16(2,3)11(9)6-8/h4-7H,1-3H3. The zero-order valence-corrected chi connectivity index (χ0v) is 15.7. The summed E-state index contributed by atoms with van der Waals surface area (Å²) >= 11 is 11.0. The maximum atomic E-state index is 3.76. The first-order valence-electron chi connectivity index (χ1n) is 6.13. The van der Waals surface area contributed by atoms with Crippen molar-refractivity contribution in [3.63, 3.8) is 0 Å². The number of hydrogen-bond acceptors (Lipinski definition) is 0. The molecule has 3 rings (SSSR count). The first kappa shape index (κ1) is 13.8. The van der Waals surface area contributed by atoms with Gasteiger partial charge in [0.2, 0.25) is 0 Å². The monoisotopic (exact) mass is 442 g/mol. The predicted molar refractivity (Wildman–Crippen MR) is 91.8 cm³/mol. The molecule has 2 aromatic carbocycles. The third-order valence-electron chi connectivity index (χ3n) is 3.93. The van der Waals surface area contributed by atoms with Crippen LogP contribution in [-0.4, -0.2) is 0 Å². The van der Waals surface area contributed by atoms with Crippen LogP contribution in [0.5, 0.6) is 0 Å². The van der Waals surface area contributed by atoms with Gasteiger partial charge in [-0.3, -0.25) is 0 Å². The number of hydrogen-bond donors (Lipinski definition) is 0. The number of aryl methyl sites for hydroxylation is 1. The fourth-order valence-electron chi connectivity index (χ4n) is 2.96. The Morgan fingerprint density at radius 3 is 2.26 bits per heavy atom. The van der Waals surface area contributed by atoms with E-state index in [0.29, 0.717) is 0 Å². The molecule has 0 atom stereocenters. The predicted octanol–water partition coefficient (Wildman–Crippen LogP) is 6.59. The summed E-state index contributed by atoms with van der Waals surface area (Å²) in [6, 6.07) is 8.95. The maximum absolute atomic E-state index is 3.76. The summed E-state index contributed by atoms with van der Waals surface area (Å²) < 4.78 is 3.32. The zero-order chi connectivity index (χ0) is 13.9. The van der Waals surface area contributed by atoms with Crippen LogP contribution in [0.2, 0.25) is 0 Å². The first-order valence-corrected chi connectivity index (χ1v) is 8.51. The SMILES string of the molecule is Cc1ccc2c(c1)C(C)(C)c1c-2cc(Br)c(Br)c1Br. The average molecular weight is 445 g/mol. The number of rotatable bonds is 0.